The van der Waals surface area contributed by atoms with Crippen LogP contribution >= 0.6 is 0 Å². The van der Waals surface area contributed by atoms with Gasteiger partial charge in [0.05, 0.1) is 47.2 Å². The molecule has 1 saturated heterocycles. The van der Waals surface area contributed by atoms with Crippen molar-refractivity contribution in [1.29, 1.82) is 0 Å². The topological polar surface area (TPSA) is 197 Å². The molecule has 15 nitrogen and oxygen atoms in total. The van der Waals surface area contributed by atoms with Gasteiger partial charge in [-0.1, -0.05) is 6.07 Å². The Bertz CT molecular complexity index is 2080. The molecule has 1 aliphatic carbocycles. The lowest BCUT2D eigenvalue weighted by molar-refractivity contribution is -0.136. The molecule has 3 aliphatic rings. The van der Waals surface area contributed by atoms with Crippen molar-refractivity contribution in [2.45, 2.75) is 57.0 Å². The molecule has 1 aromatic carbocycles. The molecule has 7 rings (SSSR count). The summed E-state index contributed by atoms with van der Waals surface area (Å²) in [5.74, 6) is -1.80. The lowest BCUT2D eigenvalue weighted by Crippen LogP contribution is -2.54. The average molecular weight is 710 g/mol. The van der Waals surface area contributed by atoms with E-state index in [4.69, 9.17) is 4.74 Å². The number of hydrogen-bond acceptors (Lipinski definition) is 12. The van der Waals surface area contributed by atoms with Crippen LogP contribution < -0.4 is 26.6 Å². The predicted molar refractivity (Wildman–Crippen MR) is 188 cm³/mol. The molecule has 2 aliphatic heterocycles. The number of alkyl halides is 1. The molecule has 5 N–H and O–H groups in total. The van der Waals surface area contributed by atoms with E-state index in [2.05, 4.69) is 41.5 Å². The molecule has 0 spiro atoms. The van der Waals surface area contributed by atoms with E-state index in [1.165, 1.54) is 12.3 Å². The van der Waals surface area contributed by atoms with Gasteiger partial charge in [-0.05, 0) is 56.5 Å². The summed E-state index contributed by atoms with van der Waals surface area (Å²) in [5, 5.41) is 15.3. The third-order valence-electron chi connectivity index (χ3n) is 9.06. The van der Waals surface area contributed by atoms with Gasteiger partial charge in [0.2, 0.25) is 11.8 Å². The number of nitrogens with one attached hydrogen (secondary N) is 5. The first-order valence-electron chi connectivity index (χ1n) is 17.0. The highest BCUT2D eigenvalue weighted by molar-refractivity contribution is 6.25. The predicted octanol–water partition coefficient (Wildman–Crippen LogP) is 3.33. The molecule has 268 valence electrons. The summed E-state index contributed by atoms with van der Waals surface area (Å²) in [6, 6.07) is 11.2. The monoisotopic (exact) mass is 709 g/mol. The van der Waals surface area contributed by atoms with Gasteiger partial charge in [-0.3, -0.25) is 39.2 Å². The van der Waals surface area contributed by atoms with Gasteiger partial charge in [0.25, 0.3) is 17.7 Å². The highest BCUT2D eigenvalue weighted by Crippen LogP contribution is 2.33. The lowest BCUT2D eigenvalue weighted by Gasteiger charge is -2.27. The number of fused-ring (bicyclic) bond motifs is 2. The molecule has 3 unspecified atom stereocenters. The van der Waals surface area contributed by atoms with Gasteiger partial charge in [-0.2, -0.15) is 0 Å². The maximum atomic E-state index is 15.2. The van der Waals surface area contributed by atoms with Gasteiger partial charge < -0.3 is 26.0 Å². The summed E-state index contributed by atoms with van der Waals surface area (Å²) in [6.45, 7) is 1.48. The summed E-state index contributed by atoms with van der Waals surface area (Å²) in [7, 11) is 0. The first kappa shape index (κ1) is 34.4. The normalized spacial score (nSPS) is 18.1. The number of anilines is 4. The Balaban J connectivity index is 0.907. The van der Waals surface area contributed by atoms with Crippen molar-refractivity contribution in [1.82, 2.24) is 30.5 Å². The van der Waals surface area contributed by atoms with Crippen LogP contribution in [0.2, 0.25) is 0 Å². The van der Waals surface area contributed by atoms with Crippen molar-refractivity contribution in [2.24, 2.45) is 0 Å². The molecule has 0 bridgehead atoms. The quantitative estimate of drug-likeness (QED) is 0.0948. The fraction of sp³-hybridized carbons (Fsp3) is 0.333. The van der Waals surface area contributed by atoms with Gasteiger partial charge in [0, 0.05) is 54.7 Å². The Morgan fingerprint density at radius 2 is 1.88 bits per heavy atom. The number of aromatic nitrogens is 3. The molecule has 3 atom stereocenters. The van der Waals surface area contributed by atoms with E-state index in [1.54, 1.807) is 37.5 Å². The van der Waals surface area contributed by atoms with Crippen LogP contribution in [0.3, 0.4) is 0 Å². The molecule has 16 heteroatoms. The minimum absolute atomic E-state index is 0.0222. The number of pyridine rings is 3. The van der Waals surface area contributed by atoms with E-state index in [0.717, 1.165) is 28.6 Å². The van der Waals surface area contributed by atoms with Crippen molar-refractivity contribution in [2.75, 3.05) is 35.6 Å². The largest absolute Gasteiger partial charge is 0.382 e. The average Bonchev–Trinajstić information content (AvgIpc) is 3.92. The van der Waals surface area contributed by atoms with Crippen LogP contribution in [-0.4, -0.2) is 93.4 Å². The van der Waals surface area contributed by atoms with E-state index in [1.807, 2.05) is 18.2 Å². The van der Waals surface area contributed by atoms with Crippen LogP contribution in [0.25, 0.3) is 10.9 Å². The summed E-state index contributed by atoms with van der Waals surface area (Å²) < 4.78 is 20.8. The molecule has 0 radical (unpaired) electrons. The SMILES string of the molecule is CC(OCCNc1cccc2c1C(=O)N(C1CCC(=O)NC1=O)C2=O)C(F)CNC(=O)c1cnc(Nc2ccc3cnccc3n2)cc1NC1CC1. The first-order valence-corrected chi connectivity index (χ1v) is 17.0. The summed E-state index contributed by atoms with van der Waals surface area (Å²) in [6.07, 6.45) is 4.45. The van der Waals surface area contributed by atoms with Gasteiger partial charge in [0.15, 0.2) is 0 Å². The smallest absolute Gasteiger partial charge is 0.264 e. The number of carbonyl (C=O) groups is 5. The summed E-state index contributed by atoms with van der Waals surface area (Å²) in [4.78, 5) is 77.5. The number of imide groups is 2. The minimum atomic E-state index is -1.53. The third-order valence-corrected chi connectivity index (χ3v) is 9.06. The van der Waals surface area contributed by atoms with Gasteiger partial charge in [-0.15, -0.1) is 0 Å². The van der Waals surface area contributed by atoms with Crippen molar-refractivity contribution in [3.8, 4) is 0 Å². The fourth-order valence-electron chi connectivity index (χ4n) is 6.09. The van der Waals surface area contributed by atoms with Gasteiger partial charge in [0.1, 0.15) is 23.8 Å². The van der Waals surface area contributed by atoms with Crippen molar-refractivity contribution in [3.63, 3.8) is 0 Å². The number of piperidine rings is 1. The van der Waals surface area contributed by atoms with Gasteiger partial charge >= 0.3 is 0 Å². The fourth-order valence-corrected chi connectivity index (χ4v) is 6.09. The summed E-state index contributed by atoms with van der Waals surface area (Å²) in [5.41, 5.74) is 2.25. The van der Waals surface area contributed by atoms with Gasteiger partial charge in [-0.25, -0.2) is 14.4 Å². The second-order valence-corrected chi connectivity index (χ2v) is 12.8. The van der Waals surface area contributed by atoms with E-state index in [0.29, 0.717) is 23.0 Å². The van der Waals surface area contributed by atoms with Crippen LogP contribution in [0.15, 0.2) is 61.1 Å². The molecular formula is C36H36FN9O6. The van der Waals surface area contributed by atoms with Crippen LogP contribution in [0, 0.1) is 0 Å². The second kappa shape index (κ2) is 14.7. The van der Waals surface area contributed by atoms with Crippen molar-refractivity contribution >= 4 is 63.4 Å². The van der Waals surface area contributed by atoms with E-state index in [-0.39, 0.29) is 55.3 Å². The molecule has 2 fully saturated rings. The second-order valence-electron chi connectivity index (χ2n) is 12.8. The number of rotatable bonds is 14. The zero-order chi connectivity index (χ0) is 36.4. The number of hydrogen-bond donors (Lipinski definition) is 5. The zero-order valence-corrected chi connectivity index (χ0v) is 28.1. The van der Waals surface area contributed by atoms with Crippen LogP contribution in [0.1, 0.15) is 63.7 Å². The maximum absolute atomic E-state index is 15.2. The van der Waals surface area contributed by atoms with E-state index in [9.17, 15) is 24.0 Å². The Labute approximate surface area is 297 Å². The summed E-state index contributed by atoms with van der Waals surface area (Å²) >= 11 is 0. The zero-order valence-electron chi connectivity index (χ0n) is 28.1. The number of amides is 5. The van der Waals surface area contributed by atoms with Crippen LogP contribution in [-0.2, 0) is 14.3 Å². The molecule has 4 aromatic rings. The molecule has 52 heavy (non-hydrogen) atoms. The van der Waals surface area contributed by atoms with Crippen molar-refractivity contribution < 1.29 is 33.1 Å². The maximum Gasteiger partial charge on any atom is 0.264 e. The van der Waals surface area contributed by atoms with E-state index >= 15 is 4.39 Å². The molecule has 3 aromatic heterocycles. The number of halogens is 1. The highest BCUT2D eigenvalue weighted by atomic mass is 19.1. The highest BCUT2D eigenvalue weighted by Gasteiger charge is 2.45. The molecular weight excluding hydrogens is 673 g/mol. The molecule has 5 heterocycles. The van der Waals surface area contributed by atoms with Crippen LogP contribution in [0.5, 0.6) is 0 Å². The number of nitrogens with zero attached hydrogens (tertiary/aromatic N) is 4. The number of ether oxygens (including phenoxy) is 1. The Kier molecular flexibility index (Phi) is 9.71. The van der Waals surface area contributed by atoms with Crippen LogP contribution in [0.4, 0.5) is 27.4 Å². The minimum Gasteiger partial charge on any atom is -0.382 e. The van der Waals surface area contributed by atoms with Crippen molar-refractivity contribution in [3.05, 3.63) is 77.7 Å². The Hall–Kier alpha value is -6.03. The van der Waals surface area contributed by atoms with E-state index < -0.39 is 47.9 Å². The Morgan fingerprint density at radius 3 is 2.69 bits per heavy atom. The molecule has 1 saturated carbocycles. The number of carbonyl (C=O) groups excluding carboxylic acids is 5. The molecule has 5 amide bonds. The lowest BCUT2D eigenvalue weighted by atomic mass is 10.0. The standard InChI is InChI=1S/C36H36FN9O6/c1-19(52-14-13-39-26-4-2-3-22-32(26)36(51)46(35(22)50)28-8-10-31(47)45-34(28)49)24(37)18-41-33(48)23-17-40-30(15-27(23)42-21-6-7-21)44-29-9-5-20-16-38-12-11-25(20)43-29/h2-5,9,11-12,15-17,19,21,24,28,39H,6-8,10,13-14,18H2,1H3,(H,41,48)(H,45,47,49)(H2,40,42,43,44). The number of benzene rings is 1. The Morgan fingerprint density at radius 1 is 1.04 bits per heavy atom. The first-order chi connectivity index (χ1) is 25.2. The third kappa shape index (κ3) is 7.37.